The van der Waals surface area contributed by atoms with Crippen molar-refractivity contribution in [3.05, 3.63) is 59.3 Å². The molecule has 3 heterocycles. The molecule has 0 bridgehead atoms. The first kappa shape index (κ1) is 24.4. The van der Waals surface area contributed by atoms with E-state index in [1.165, 1.54) is 35.6 Å². The van der Waals surface area contributed by atoms with Crippen molar-refractivity contribution >= 4 is 11.7 Å². The number of ether oxygens (including phenoxy) is 1. The Morgan fingerprint density at radius 2 is 2.03 bits per heavy atom. The Hall–Kier alpha value is -2.93. The lowest BCUT2D eigenvalue weighted by Crippen LogP contribution is -2.54. The van der Waals surface area contributed by atoms with E-state index in [1.807, 2.05) is 4.90 Å². The van der Waals surface area contributed by atoms with Gasteiger partial charge in [-0.2, -0.15) is 9.97 Å². The molecule has 6 rings (SSSR count). The van der Waals surface area contributed by atoms with Gasteiger partial charge in [-0.15, -0.1) is 0 Å². The summed E-state index contributed by atoms with van der Waals surface area (Å²) in [4.78, 5) is 29.0. The summed E-state index contributed by atoms with van der Waals surface area (Å²) < 4.78 is 6.32. The number of fused-ring (bicyclic) bond motifs is 3. The van der Waals surface area contributed by atoms with Gasteiger partial charge in [-0.25, -0.2) is 0 Å². The summed E-state index contributed by atoms with van der Waals surface area (Å²) in [6, 6.07) is 10.1. The first-order valence-electron chi connectivity index (χ1n) is 14.0. The molecule has 196 valence electrons. The van der Waals surface area contributed by atoms with Gasteiger partial charge in [0.1, 0.15) is 12.4 Å². The average molecular weight is 502 g/mol. The number of hydrogen-bond donors (Lipinski definition) is 0. The standard InChI is InChI=1S/C30H39N5O2/c1-4-27(36)34-16-17-35(21(2)19-34)28-24-12-14-30(13-11-22-8-5-6-10-25(22)30)18-26(24)31-29(32-28)37-20-23-9-7-15-33(23)3/h4-6,8,10,21,23H,1,7,9,11-20H2,2-3H3. The number of likely N-dealkylation sites (tertiary alicyclic amines) is 1. The maximum Gasteiger partial charge on any atom is 0.318 e. The van der Waals surface area contributed by atoms with Crippen LogP contribution in [0.15, 0.2) is 36.9 Å². The minimum Gasteiger partial charge on any atom is -0.462 e. The second-order valence-corrected chi connectivity index (χ2v) is 11.5. The van der Waals surface area contributed by atoms with Crippen LogP contribution >= 0.6 is 0 Å². The normalized spacial score (nSPS) is 27.3. The van der Waals surface area contributed by atoms with Crippen LogP contribution in [0.4, 0.5) is 5.82 Å². The molecule has 2 fully saturated rings. The van der Waals surface area contributed by atoms with Gasteiger partial charge in [0.2, 0.25) is 5.91 Å². The molecule has 0 N–H and O–H groups in total. The van der Waals surface area contributed by atoms with E-state index in [2.05, 4.69) is 54.6 Å². The van der Waals surface area contributed by atoms with Crippen molar-refractivity contribution in [2.45, 2.75) is 69.4 Å². The molecule has 7 nitrogen and oxygen atoms in total. The quantitative estimate of drug-likeness (QED) is 0.584. The van der Waals surface area contributed by atoms with Crippen LogP contribution in [0.2, 0.25) is 0 Å². The molecule has 1 aromatic heterocycles. The number of amides is 1. The number of carbonyl (C=O) groups is 1. The molecule has 7 heteroatoms. The van der Waals surface area contributed by atoms with E-state index in [1.54, 1.807) is 0 Å². The fraction of sp³-hybridized carbons (Fsp3) is 0.567. The van der Waals surface area contributed by atoms with E-state index in [-0.39, 0.29) is 17.4 Å². The first-order valence-corrected chi connectivity index (χ1v) is 14.0. The molecule has 1 spiro atoms. The summed E-state index contributed by atoms with van der Waals surface area (Å²) in [5.74, 6) is 1.02. The highest BCUT2D eigenvalue weighted by Crippen LogP contribution is 2.48. The molecule has 0 radical (unpaired) electrons. The zero-order valence-corrected chi connectivity index (χ0v) is 22.3. The van der Waals surface area contributed by atoms with Crippen LogP contribution in [0.5, 0.6) is 6.01 Å². The number of benzene rings is 1. The van der Waals surface area contributed by atoms with Crippen molar-refractivity contribution in [2.24, 2.45) is 0 Å². The number of carbonyl (C=O) groups excluding carboxylic acids is 1. The lowest BCUT2D eigenvalue weighted by atomic mass is 9.69. The molecule has 1 amide bonds. The lowest BCUT2D eigenvalue weighted by Gasteiger charge is -2.42. The molecule has 2 aliphatic heterocycles. The molecular formula is C30H39N5O2. The van der Waals surface area contributed by atoms with Gasteiger partial charge in [0, 0.05) is 42.7 Å². The maximum atomic E-state index is 12.3. The van der Waals surface area contributed by atoms with E-state index in [0.717, 1.165) is 56.7 Å². The Balaban J connectivity index is 1.33. The summed E-state index contributed by atoms with van der Waals surface area (Å²) in [7, 11) is 2.17. The summed E-state index contributed by atoms with van der Waals surface area (Å²) in [5, 5.41) is 0. The molecule has 0 saturated carbocycles. The van der Waals surface area contributed by atoms with Crippen molar-refractivity contribution in [1.82, 2.24) is 19.8 Å². The molecule has 4 aliphatic rings. The largest absolute Gasteiger partial charge is 0.462 e. The second kappa shape index (κ2) is 9.75. The number of piperazine rings is 1. The number of rotatable bonds is 5. The zero-order valence-electron chi connectivity index (χ0n) is 22.3. The predicted molar refractivity (Wildman–Crippen MR) is 145 cm³/mol. The van der Waals surface area contributed by atoms with Gasteiger partial charge in [0.25, 0.3) is 0 Å². The summed E-state index contributed by atoms with van der Waals surface area (Å²) in [6.45, 7) is 9.70. The number of aryl methyl sites for hydroxylation is 1. The van der Waals surface area contributed by atoms with Crippen LogP contribution in [0, 0.1) is 0 Å². The highest BCUT2D eigenvalue weighted by molar-refractivity contribution is 5.87. The van der Waals surface area contributed by atoms with Crippen LogP contribution in [0.1, 0.15) is 55.0 Å². The topological polar surface area (TPSA) is 61.8 Å². The van der Waals surface area contributed by atoms with Crippen molar-refractivity contribution in [3.8, 4) is 6.01 Å². The molecule has 2 aliphatic carbocycles. The summed E-state index contributed by atoms with van der Waals surface area (Å²) in [6.07, 6.45) is 9.17. The van der Waals surface area contributed by atoms with Crippen LogP contribution in [0.25, 0.3) is 0 Å². The minimum absolute atomic E-state index is 0.00256. The van der Waals surface area contributed by atoms with Crippen LogP contribution < -0.4 is 9.64 Å². The fourth-order valence-corrected chi connectivity index (χ4v) is 7.14. The van der Waals surface area contributed by atoms with Gasteiger partial charge in [-0.1, -0.05) is 30.8 Å². The van der Waals surface area contributed by atoms with Gasteiger partial charge in [0.05, 0.1) is 5.69 Å². The van der Waals surface area contributed by atoms with Gasteiger partial charge in [0.15, 0.2) is 0 Å². The van der Waals surface area contributed by atoms with Crippen molar-refractivity contribution in [3.63, 3.8) is 0 Å². The van der Waals surface area contributed by atoms with Gasteiger partial charge >= 0.3 is 6.01 Å². The van der Waals surface area contributed by atoms with Crippen LogP contribution in [0.3, 0.4) is 0 Å². The summed E-state index contributed by atoms with van der Waals surface area (Å²) >= 11 is 0. The number of nitrogens with zero attached hydrogens (tertiary/aromatic N) is 5. The lowest BCUT2D eigenvalue weighted by molar-refractivity contribution is -0.126. The van der Waals surface area contributed by atoms with E-state index < -0.39 is 0 Å². The molecule has 2 saturated heterocycles. The fourth-order valence-electron chi connectivity index (χ4n) is 7.14. The van der Waals surface area contributed by atoms with Crippen molar-refractivity contribution in [1.29, 1.82) is 0 Å². The number of likely N-dealkylation sites (N-methyl/N-ethyl adjacent to an activating group) is 1. The average Bonchev–Trinajstić information content (AvgIpc) is 3.49. The van der Waals surface area contributed by atoms with Crippen LogP contribution in [-0.2, 0) is 29.5 Å². The predicted octanol–water partition coefficient (Wildman–Crippen LogP) is 3.55. The Kier molecular flexibility index (Phi) is 6.43. The molecule has 2 aromatic rings. The van der Waals surface area contributed by atoms with E-state index >= 15 is 0 Å². The highest BCUT2D eigenvalue weighted by Gasteiger charge is 2.43. The van der Waals surface area contributed by atoms with E-state index in [4.69, 9.17) is 14.7 Å². The summed E-state index contributed by atoms with van der Waals surface area (Å²) in [5.41, 5.74) is 5.60. The third-order valence-corrected chi connectivity index (χ3v) is 9.33. The number of aromatic nitrogens is 2. The zero-order chi connectivity index (χ0) is 25.6. The van der Waals surface area contributed by atoms with Crippen LogP contribution in [-0.4, -0.2) is 77.6 Å². The SMILES string of the molecule is C=CC(=O)N1CCN(c2nc(OCC3CCCN3C)nc3c2CCC2(CCc4ccccc42)C3)C(C)C1. The third-order valence-electron chi connectivity index (χ3n) is 9.33. The monoisotopic (exact) mass is 501 g/mol. The highest BCUT2D eigenvalue weighted by atomic mass is 16.5. The van der Waals surface area contributed by atoms with Crippen molar-refractivity contribution < 1.29 is 9.53 Å². The molecule has 3 unspecified atom stereocenters. The van der Waals surface area contributed by atoms with E-state index in [0.29, 0.717) is 31.7 Å². The molecular weight excluding hydrogens is 462 g/mol. The number of anilines is 1. The molecule has 37 heavy (non-hydrogen) atoms. The minimum atomic E-state index is 0.00256. The molecule has 1 aromatic carbocycles. The number of hydrogen-bond acceptors (Lipinski definition) is 6. The first-order chi connectivity index (χ1) is 18.0. The molecule has 3 atom stereocenters. The third kappa shape index (κ3) is 4.41. The maximum absolute atomic E-state index is 12.3. The van der Waals surface area contributed by atoms with E-state index in [9.17, 15) is 4.79 Å². The Morgan fingerprint density at radius 1 is 1.19 bits per heavy atom. The van der Waals surface area contributed by atoms with Crippen molar-refractivity contribution in [2.75, 3.05) is 44.7 Å². The van der Waals surface area contributed by atoms with Gasteiger partial charge in [-0.3, -0.25) is 4.79 Å². The smallest absolute Gasteiger partial charge is 0.318 e. The van der Waals surface area contributed by atoms with Gasteiger partial charge < -0.3 is 19.4 Å². The van der Waals surface area contributed by atoms with Gasteiger partial charge in [-0.05, 0) is 82.7 Å². The second-order valence-electron chi connectivity index (χ2n) is 11.5. The Morgan fingerprint density at radius 3 is 2.81 bits per heavy atom. The Bertz CT molecular complexity index is 1200. The Labute approximate surface area is 220 Å².